The predicted molar refractivity (Wildman–Crippen MR) is 66.4 cm³/mol. The highest BCUT2D eigenvalue weighted by atomic mass is 16.5. The Balaban J connectivity index is 2.48. The van der Waals surface area contributed by atoms with Gasteiger partial charge in [-0.05, 0) is 18.2 Å². The summed E-state index contributed by atoms with van der Waals surface area (Å²) in [5, 5.41) is 3.81. The fourth-order valence-electron chi connectivity index (χ4n) is 1.68. The van der Waals surface area contributed by atoms with Crippen molar-refractivity contribution in [1.29, 1.82) is 0 Å². The number of rotatable bonds is 4. The standard InChI is InChI=1S/C13H13NO5/c1-16-10-5-4-8(6-11(10)17-2)12-9(7-19-14-12)13(15)18-3/h4-7H,1-3H3. The van der Waals surface area contributed by atoms with Gasteiger partial charge < -0.3 is 18.7 Å². The first-order chi connectivity index (χ1) is 9.21. The van der Waals surface area contributed by atoms with E-state index in [9.17, 15) is 4.79 Å². The molecule has 6 nitrogen and oxygen atoms in total. The third-order valence-corrected chi connectivity index (χ3v) is 2.63. The summed E-state index contributed by atoms with van der Waals surface area (Å²) in [6.07, 6.45) is 1.25. The van der Waals surface area contributed by atoms with E-state index in [4.69, 9.17) is 14.0 Å². The zero-order valence-electron chi connectivity index (χ0n) is 10.8. The quantitative estimate of drug-likeness (QED) is 0.787. The van der Waals surface area contributed by atoms with Crippen LogP contribution in [0.25, 0.3) is 11.3 Å². The maximum absolute atomic E-state index is 11.6. The van der Waals surface area contributed by atoms with Crippen LogP contribution in [0.4, 0.5) is 0 Å². The maximum Gasteiger partial charge on any atom is 0.343 e. The lowest BCUT2D eigenvalue weighted by molar-refractivity contribution is 0.0600. The third-order valence-electron chi connectivity index (χ3n) is 2.63. The molecule has 0 atom stereocenters. The molecule has 2 rings (SSSR count). The van der Waals surface area contributed by atoms with Crippen LogP contribution in [-0.4, -0.2) is 32.5 Å². The molecule has 0 N–H and O–H groups in total. The molecule has 0 aliphatic heterocycles. The molecule has 19 heavy (non-hydrogen) atoms. The van der Waals surface area contributed by atoms with Crippen LogP contribution >= 0.6 is 0 Å². The number of esters is 1. The van der Waals surface area contributed by atoms with Crippen molar-refractivity contribution in [2.45, 2.75) is 0 Å². The number of benzene rings is 1. The van der Waals surface area contributed by atoms with Gasteiger partial charge in [-0.3, -0.25) is 0 Å². The second-order valence-electron chi connectivity index (χ2n) is 3.64. The third kappa shape index (κ3) is 2.37. The highest BCUT2D eigenvalue weighted by Crippen LogP contribution is 2.33. The van der Waals surface area contributed by atoms with Crippen molar-refractivity contribution in [1.82, 2.24) is 5.16 Å². The lowest BCUT2D eigenvalue weighted by Crippen LogP contribution is -2.01. The normalized spacial score (nSPS) is 10.1. The number of carbonyl (C=O) groups is 1. The monoisotopic (exact) mass is 263 g/mol. The van der Waals surface area contributed by atoms with Crippen LogP contribution in [0, 0.1) is 0 Å². The Bertz CT molecular complexity index is 590. The van der Waals surface area contributed by atoms with Crippen molar-refractivity contribution >= 4 is 5.97 Å². The van der Waals surface area contributed by atoms with Gasteiger partial charge in [0, 0.05) is 5.56 Å². The summed E-state index contributed by atoms with van der Waals surface area (Å²) in [7, 11) is 4.38. The fraction of sp³-hybridized carbons (Fsp3) is 0.231. The van der Waals surface area contributed by atoms with Crippen molar-refractivity contribution in [3.05, 3.63) is 30.0 Å². The molecule has 0 spiro atoms. The van der Waals surface area contributed by atoms with Crippen LogP contribution < -0.4 is 9.47 Å². The number of ether oxygens (including phenoxy) is 3. The Hall–Kier alpha value is -2.50. The molecule has 0 aliphatic rings. The molecule has 0 bridgehead atoms. The van der Waals surface area contributed by atoms with Gasteiger partial charge in [0.1, 0.15) is 17.5 Å². The minimum atomic E-state index is -0.508. The van der Waals surface area contributed by atoms with Crippen LogP contribution in [0.3, 0.4) is 0 Å². The minimum Gasteiger partial charge on any atom is -0.493 e. The number of hydrogen-bond acceptors (Lipinski definition) is 6. The molecule has 0 aliphatic carbocycles. The van der Waals surface area contributed by atoms with Crippen molar-refractivity contribution in [3.8, 4) is 22.8 Å². The molecular weight excluding hydrogens is 250 g/mol. The van der Waals surface area contributed by atoms with Crippen molar-refractivity contribution in [2.24, 2.45) is 0 Å². The number of carbonyl (C=O) groups excluding carboxylic acids is 1. The zero-order valence-corrected chi connectivity index (χ0v) is 10.8. The van der Waals surface area contributed by atoms with E-state index < -0.39 is 5.97 Å². The molecular formula is C13H13NO5. The Morgan fingerprint density at radius 2 is 1.89 bits per heavy atom. The fourth-order valence-corrected chi connectivity index (χ4v) is 1.68. The topological polar surface area (TPSA) is 70.8 Å². The maximum atomic E-state index is 11.6. The van der Waals surface area contributed by atoms with Crippen LogP contribution in [0.15, 0.2) is 29.0 Å². The van der Waals surface area contributed by atoms with Gasteiger partial charge in [0.2, 0.25) is 0 Å². The molecule has 0 fully saturated rings. The largest absolute Gasteiger partial charge is 0.493 e. The first-order valence-corrected chi connectivity index (χ1v) is 5.46. The summed E-state index contributed by atoms with van der Waals surface area (Å²) in [6, 6.07) is 5.19. The van der Waals surface area contributed by atoms with E-state index in [1.165, 1.54) is 20.5 Å². The smallest absolute Gasteiger partial charge is 0.343 e. The molecule has 2 aromatic rings. The van der Waals surface area contributed by atoms with Crippen molar-refractivity contribution < 1.29 is 23.5 Å². The van der Waals surface area contributed by atoms with Crippen LogP contribution in [0.5, 0.6) is 11.5 Å². The van der Waals surface area contributed by atoms with Gasteiger partial charge in [0.15, 0.2) is 11.5 Å². The first-order valence-electron chi connectivity index (χ1n) is 5.46. The summed E-state index contributed by atoms with van der Waals surface area (Å²) in [5.74, 6) is 0.624. The number of hydrogen-bond donors (Lipinski definition) is 0. The van der Waals surface area contributed by atoms with Gasteiger partial charge in [0.25, 0.3) is 0 Å². The van der Waals surface area contributed by atoms with Gasteiger partial charge in [-0.15, -0.1) is 0 Å². The Morgan fingerprint density at radius 1 is 1.16 bits per heavy atom. The molecule has 0 unspecified atom stereocenters. The molecule has 0 saturated heterocycles. The van der Waals surface area contributed by atoms with Gasteiger partial charge >= 0.3 is 5.97 Å². The Labute approximate surface area is 109 Å². The van der Waals surface area contributed by atoms with Crippen LogP contribution in [-0.2, 0) is 4.74 Å². The molecule has 1 heterocycles. The highest BCUT2D eigenvalue weighted by molar-refractivity contribution is 5.95. The van der Waals surface area contributed by atoms with E-state index in [1.807, 2.05) is 0 Å². The summed E-state index contributed by atoms with van der Waals surface area (Å²) >= 11 is 0. The molecule has 0 radical (unpaired) electrons. The van der Waals surface area contributed by atoms with Gasteiger partial charge in [-0.25, -0.2) is 4.79 Å². The summed E-state index contributed by atoms with van der Waals surface area (Å²) in [4.78, 5) is 11.6. The van der Waals surface area contributed by atoms with E-state index in [2.05, 4.69) is 9.89 Å². The number of nitrogens with zero attached hydrogens (tertiary/aromatic N) is 1. The predicted octanol–water partition coefficient (Wildman–Crippen LogP) is 2.15. The average Bonchev–Trinajstić information content (AvgIpc) is 2.95. The minimum absolute atomic E-state index is 0.259. The van der Waals surface area contributed by atoms with E-state index in [0.29, 0.717) is 22.8 Å². The first kappa shape index (κ1) is 12.9. The van der Waals surface area contributed by atoms with Crippen molar-refractivity contribution in [3.63, 3.8) is 0 Å². The molecule has 0 amide bonds. The summed E-state index contributed by atoms with van der Waals surface area (Å²) in [5.41, 5.74) is 1.33. The number of aromatic nitrogens is 1. The van der Waals surface area contributed by atoms with E-state index in [-0.39, 0.29) is 5.56 Å². The SMILES string of the molecule is COC(=O)c1conc1-c1ccc(OC)c(OC)c1. The second kappa shape index (κ2) is 5.43. The van der Waals surface area contributed by atoms with E-state index in [1.54, 1.807) is 25.3 Å². The van der Waals surface area contributed by atoms with Crippen LogP contribution in [0.2, 0.25) is 0 Å². The van der Waals surface area contributed by atoms with E-state index in [0.717, 1.165) is 0 Å². The van der Waals surface area contributed by atoms with E-state index >= 15 is 0 Å². The Kier molecular flexibility index (Phi) is 3.70. The molecule has 100 valence electrons. The average molecular weight is 263 g/mol. The van der Waals surface area contributed by atoms with Gasteiger partial charge in [-0.1, -0.05) is 5.16 Å². The number of methoxy groups -OCH3 is 3. The van der Waals surface area contributed by atoms with Gasteiger partial charge in [-0.2, -0.15) is 0 Å². The molecule has 1 aromatic carbocycles. The highest BCUT2D eigenvalue weighted by Gasteiger charge is 2.19. The Morgan fingerprint density at radius 3 is 2.53 bits per heavy atom. The van der Waals surface area contributed by atoms with Crippen LogP contribution in [0.1, 0.15) is 10.4 Å². The van der Waals surface area contributed by atoms with Crippen molar-refractivity contribution in [2.75, 3.05) is 21.3 Å². The lowest BCUT2D eigenvalue weighted by atomic mass is 10.1. The molecule has 6 heteroatoms. The summed E-state index contributed by atoms with van der Waals surface area (Å²) in [6.45, 7) is 0. The summed E-state index contributed by atoms with van der Waals surface area (Å²) < 4.78 is 19.8. The van der Waals surface area contributed by atoms with Gasteiger partial charge in [0.05, 0.1) is 21.3 Å². The molecule has 0 saturated carbocycles. The second-order valence-corrected chi connectivity index (χ2v) is 3.64. The lowest BCUT2D eigenvalue weighted by Gasteiger charge is -2.08. The molecule has 1 aromatic heterocycles. The zero-order chi connectivity index (χ0) is 13.8.